The van der Waals surface area contributed by atoms with E-state index in [1.165, 1.54) is 30.7 Å². The summed E-state index contributed by atoms with van der Waals surface area (Å²) in [7, 11) is 0. The molecule has 0 radical (unpaired) electrons. The van der Waals surface area contributed by atoms with Gasteiger partial charge in [0.25, 0.3) is 0 Å². The Hall–Kier alpha value is -0.940. The molecule has 1 aliphatic heterocycles. The molecule has 1 saturated heterocycles. The van der Waals surface area contributed by atoms with E-state index in [9.17, 15) is 4.79 Å². The minimum absolute atomic E-state index is 0.231. The van der Waals surface area contributed by atoms with Crippen molar-refractivity contribution in [1.29, 1.82) is 0 Å². The first kappa shape index (κ1) is 16.9. The zero-order chi connectivity index (χ0) is 16.2. The quantitative estimate of drug-likeness (QED) is 0.919. The van der Waals surface area contributed by atoms with Crippen LogP contribution < -0.4 is 5.73 Å². The van der Waals surface area contributed by atoms with Crippen LogP contribution in [-0.4, -0.2) is 35.4 Å². The molecule has 3 rings (SSSR count). The Morgan fingerprint density at radius 1 is 1.26 bits per heavy atom. The van der Waals surface area contributed by atoms with E-state index in [0.717, 1.165) is 44.1 Å². The Bertz CT molecular complexity index is 514. The summed E-state index contributed by atoms with van der Waals surface area (Å²) in [4.78, 5) is 19.2. The molecule has 1 saturated carbocycles. The van der Waals surface area contributed by atoms with E-state index in [1.807, 2.05) is 4.90 Å². The van der Waals surface area contributed by atoms with Crippen molar-refractivity contribution in [2.24, 2.45) is 17.6 Å². The summed E-state index contributed by atoms with van der Waals surface area (Å²) in [6.07, 6.45) is 7.70. The molecule has 4 nitrogen and oxygen atoms in total. The van der Waals surface area contributed by atoms with Gasteiger partial charge in [-0.3, -0.25) is 4.79 Å². The fraction of sp³-hybridized carbons (Fsp3) is 0.778. The molecule has 1 aliphatic carbocycles. The summed E-state index contributed by atoms with van der Waals surface area (Å²) in [5.74, 6) is 2.32. The molecule has 0 bridgehead atoms. The lowest BCUT2D eigenvalue weighted by Crippen LogP contribution is -2.40. The molecule has 0 spiro atoms. The van der Waals surface area contributed by atoms with Crippen LogP contribution in [-0.2, 0) is 11.2 Å². The summed E-state index contributed by atoms with van der Waals surface area (Å²) in [5.41, 5.74) is 6.69. The largest absolute Gasteiger partial charge is 0.342 e. The zero-order valence-corrected chi connectivity index (χ0v) is 15.0. The van der Waals surface area contributed by atoms with Gasteiger partial charge in [0.1, 0.15) is 0 Å². The number of nitrogens with zero attached hydrogens (tertiary/aromatic N) is 2. The number of likely N-dealkylation sites (tertiary alicyclic amines) is 1. The van der Waals surface area contributed by atoms with Crippen LogP contribution in [0.25, 0.3) is 0 Å². The van der Waals surface area contributed by atoms with Crippen molar-refractivity contribution in [2.45, 2.75) is 57.8 Å². The summed E-state index contributed by atoms with van der Waals surface area (Å²) >= 11 is 1.75. The lowest BCUT2D eigenvalue weighted by atomic mass is 9.83. The third-order valence-electron chi connectivity index (χ3n) is 5.57. The molecule has 0 aromatic carbocycles. The number of hydrogen-bond acceptors (Lipinski definition) is 4. The van der Waals surface area contributed by atoms with E-state index in [4.69, 9.17) is 10.7 Å². The van der Waals surface area contributed by atoms with Crippen molar-refractivity contribution in [3.8, 4) is 0 Å². The number of carbonyl (C=O) groups excluding carboxylic acids is 1. The molecular weight excluding hydrogens is 306 g/mol. The van der Waals surface area contributed by atoms with Gasteiger partial charge in [-0.2, -0.15) is 0 Å². The molecule has 2 N–H and O–H groups in total. The van der Waals surface area contributed by atoms with Crippen molar-refractivity contribution >= 4 is 17.2 Å². The number of hydrogen-bond donors (Lipinski definition) is 1. The Balaban J connectivity index is 1.51. The Kier molecular flexibility index (Phi) is 5.70. The Labute approximate surface area is 143 Å². The summed E-state index contributed by atoms with van der Waals surface area (Å²) in [5, 5.41) is 3.35. The van der Waals surface area contributed by atoms with E-state index in [-0.39, 0.29) is 5.91 Å². The number of nitrogens with two attached hydrogens (primary N) is 1. The van der Waals surface area contributed by atoms with Crippen LogP contribution in [0, 0.1) is 11.8 Å². The minimum Gasteiger partial charge on any atom is -0.342 e. The van der Waals surface area contributed by atoms with Crippen LogP contribution in [0.15, 0.2) is 5.38 Å². The van der Waals surface area contributed by atoms with Gasteiger partial charge in [-0.1, -0.05) is 19.8 Å². The van der Waals surface area contributed by atoms with Gasteiger partial charge in [-0.05, 0) is 44.1 Å². The Morgan fingerprint density at radius 3 is 2.61 bits per heavy atom. The summed E-state index contributed by atoms with van der Waals surface area (Å²) in [6.45, 7) is 4.81. The van der Waals surface area contributed by atoms with Crippen LogP contribution in [0.3, 0.4) is 0 Å². The van der Waals surface area contributed by atoms with Crippen LogP contribution in [0.4, 0.5) is 0 Å². The third kappa shape index (κ3) is 4.32. The molecule has 2 heterocycles. The lowest BCUT2D eigenvalue weighted by Gasteiger charge is -2.31. The molecule has 5 heteroatoms. The highest BCUT2D eigenvalue weighted by atomic mass is 32.1. The molecule has 1 amide bonds. The number of aromatic nitrogens is 1. The van der Waals surface area contributed by atoms with Crippen LogP contribution in [0.2, 0.25) is 0 Å². The van der Waals surface area contributed by atoms with E-state index < -0.39 is 0 Å². The molecule has 128 valence electrons. The minimum atomic E-state index is 0.231. The lowest BCUT2D eigenvalue weighted by molar-refractivity contribution is -0.131. The smallest absolute Gasteiger partial charge is 0.228 e. The molecule has 0 unspecified atom stereocenters. The second-order valence-corrected chi connectivity index (χ2v) is 8.26. The van der Waals surface area contributed by atoms with Crippen molar-refractivity contribution in [2.75, 3.05) is 19.6 Å². The van der Waals surface area contributed by atoms with Crippen molar-refractivity contribution < 1.29 is 4.79 Å². The standard InChI is InChI=1S/C18H29N3OS/c1-13-2-4-15(5-3-13)18-20-16(12-23-18)10-17(22)21-8-6-14(11-19)7-9-21/h12-15H,2-11,19H2,1H3. The monoisotopic (exact) mass is 335 g/mol. The number of carbonyl (C=O) groups is 1. The Morgan fingerprint density at radius 2 is 1.96 bits per heavy atom. The first-order chi connectivity index (χ1) is 11.2. The van der Waals surface area contributed by atoms with E-state index in [2.05, 4.69) is 12.3 Å². The van der Waals surface area contributed by atoms with Crippen molar-refractivity contribution in [3.63, 3.8) is 0 Å². The summed E-state index contributed by atoms with van der Waals surface area (Å²) < 4.78 is 0. The highest BCUT2D eigenvalue weighted by molar-refractivity contribution is 7.09. The van der Waals surface area contributed by atoms with Gasteiger partial charge in [-0.15, -0.1) is 11.3 Å². The molecular formula is C18H29N3OS. The zero-order valence-electron chi connectivity index (χ0n) is 14.2. The third-order valence-corrected chi connectivity index (χ3v) is 6.62. The second-order valence-electron chi connectivity index (χ2n) is 7.37. The van der Waals surface area contributed by atoms with Gasteiger partial charge in [0, 0.05) is 24.4 Å². The maximum absolute atomic E-state index is 12.5. The van der Waals surface area contributed by atoms with Gasteiger partial charge in [0.05, 0.1) is 17.1 Å². The SMILES string of the molecule is CC1CCC(c2nc(CC(=O)N3CCC(CN)CC3)cs2)CC1. The van der Waals surface area contributed by atoms with Gasteiger partial charge in [0.2, 0.25) is 5.91 Å². The number of rotatable bonds is 4. The van der Waals surface area contributed by atoms with Gasteiger partial charge < -0.3 is 10.6 Å². The first-order valence-corrected chi connectivity index (χ1v) is 9.95. The maximum Gasteiger partial charge on any atom is 0.228 e. The van der Waals surface area contributed by atoms with Crippen molar-refractivity contribution in [1.82, 2.24) is 9.88 Å². The van der Waals surface area contributed by atoms with Crippen LogP contribution in [0.5, 0.6) is 0 Å². The number of piperidine rings is 1. The fourth-order valence-corrected chi connectivity index (χ4v) is 4.77. The maximum atomic E-state index is 12.5. The van der Waals surface area contributed by atoms with Gasteiger partial charge in [-0.25, -0.2) is 4.98 Å². The highest BCUT2D eigenvalue weighted by Crippen LogP contribution is 2.36. The second kappa shape index (κ2) is 7.75. The molecule has 0 atom stereocenters. The average Bonchev–Trinajstić information content (AvgIpc) is 3.04. The molecule has 1 aromatic rings. The number of amides is 1. The normalized spacial score (nSPS) is 26.4. The van der Waals surface area contributed by atoms with Crippen LogP contribution >= 0.6 is 11.3 Å². The van der Waals surface area contributed by atoms with E-state index in [1.54, 1.807) is 11.3 Å². The highest BCUT2D eigenvalue weighted by Gasteiger charge is 2.24. The fourth-order valence-electron chi connectivity index (χ4n) is 3.78. The van der Waals surface area contributed by atoms with Crippen LogP contribution in [0.1, 0.15) is 62.1 Å². The molecule has 1 aromatic heterocycles. The predicted octanol–water partition coefficient (Wildman–Crippen LogP) is 3.18. The molecule has 23 heavy (non-hydrogen) atoms. The first-order valence-electron chi connectivity index (χ1n) is 9.08. The molecule has 2 aliphatic rings. The summed E-state index contributed by atoms with van der Waals surface area (Å²) in [6, 6.07) is 0. The predicted molar refractivity (Wildman–Crippen MR) is 94.5 cm³/mol. The molecule has 2 fully saturated rings. The number of thiazole rings is 1. The van der Waals surface area contributed by atoms with E-state index in [0.29, 0.717) is 18.3 Å². The van der Waals surface area contributed by atoms with Gasteiger partial charge in [0.15, 0.2) is 0 Å². The average molecular weight is 336 g/mol. The van der Waals surface area contributed by atoms with Crippen molar-refractivity contribution in [3.05, 3.63) is 16.1 Å². The topological polar surface area (TPSA) is 59.2 Å². The van der Waals surface area contributed by atoms with E-state index >= 15 is 0 Å². The van der Waals surface area contributed by atoms with Gasteiger partial charge >= 0.3 is 0 Å².